The lowest BCUT2D eigenvalue weighted by molar-refractivity contribution is 0.0957. The summed E-state index contributed by atoms with van der Waals surface area (Å²) in [4.78, 5) is 7.00. The molecule has 0 bridgehead atoms. The molecule has 1 aliphatic heterocycles. The normalized spacial score (nSPS) is 21.2. The van der Waals surface area contributed by atoms with Crippen LogP contribution in [0.4, 0.5) is 0 Å². The molecule has 1 fully saturated rings. The number of benzene rings is 1. The first-order chi connectivity index (χ1) is 12.1. The molecular weight excluding hydrogens is 314 g/mol. The van der Waals surface area contributed by atoms with Crippen molar-refractivity contribution in [1.82, 2.24) is 24.9 Å². The van der Waals surface area contributed by atoms with Crippen LogP contribution in [-0.4, -0.2) is 51.2 Å². The molecule has 0 aliphatic carbocycles. The number of hydrogen-bond donors (Lipinski definition) is 0. The van der Waals surface area contributed by atoms with E-state index in [1.54, 1.807) is 11.8 Å². The maximum absolute atomic E-state index is 5.71. The van der Waals surface area contributed by atoms with Crippen LogP contribution in [0.5, 0.6) is 0 Å². The van der Waals surface area contributed by atoms with Crippen LogP contribution in [0.25, 0.3) is 10.9 Å². The molecule has 6 heteroatoms. The van der Waals surface area contributed by atoms with Gasteiger partial charge in [0.1, 0.15) is 0 Å². The topological polar surface area (TPSA) is 56.1 Å². The van der Waals surface area contributed by atoms with Crippen LogP contribution >= 0.6 is 0 Å². The molecule has 2 aromatic heterocycles. The molecular formula is C19H23N5O. The second-order valence-electron chi connectivity index (χ2n) is 6.87. The van der Waals surface area contributed by atoms with E-state index < -0.39 is 0 Å². The fourth-order valence-electron chi connectivity index (χ4n) is 3.67. The van der Waals surface area contributed by atoms with Gasteiger partial charge in [-0.25, -0.2) is 0 Å². The molecule has 3 heterocycles. The van der Waals surface area contributed by atoms with Crippen molar-refractivity contribution >= 4 is 10.9 Å². The summed E-state index contributed by atoms with van der Waals surface area (Å²) in [5.74, 6) is 0.267. The van der Waals surface area contributed by atoms with Gasteiger partial charge >= 0.3 is 0 Å². The average molecular weight is 337 g/mol. The summed E-state index contributed by atoms with van der Waals surface area (Å²) in [5.41, 5.74) is 4.41. The molecule has 0 amide bonds. The molecule has 3 aromatic rings. The van der Waals surface area contributed by atoms with E-state index in [2.05, 4.69) is 50.5 Å². The Labute approximate surface area is 147 Å². The monoisotopic (exact) mass is 337 g/mol. The van der Waals surface area contributed by atoms with Crippen LogP contribution in [0.15, 0.2) is 36.5 Å². The van der Waals surface area contributed by atoms with Gasteiger partial charge in [0.15, 0.2) is 0 Å². The first-order valence-electron chi connectivity index (χ1n) is 8.60. The van der Waals surface area contributed by atoms with Crippen molar-refractivity contribution in [2.45, 2.75) is 25.5 Å². The smallest absolute Gasteiger partial charge is 0.0897 e. The summed E-state index contributed by atoms with van der Waals surface area (Å²) in [5, 5.41) is 9.54. The Balaban J connectivity index is 1.52. The van der Waals surface area contributed by atoms with Gasteiger partial charge in [-0.1, -0.05) is 17.3 Å². The number of nitrogens with zero attached hydrogens (tertiary/aromatic N) is 5. The fraction of sp³-hybridized carbons (Fsp3) is 0.421. The number of aromatic nitrogens is 4. The van der Waals surface area contributed by atoms with E-state index in [0.29, 0.717) is 0 Å². The molecule has 1 aliphatic rings. The highest BCUT2D eigenvalue weighted by molar-refractivity contribution is 5.79. The maximum Gasteiger partial charge on any atom is 0.0897 e. The summed E-state index contributed by atoms with van der Waals surface area (Å²) >= 11 is 0. The molecule has 6 nitrogen and oxygen atoms in total. The van der Waals surface area contributed by atoms with Gasteiger partial charge in [-0.05, 0) is 30.7 Å². The van der Waals surface area contributed by atoms with Crippen LogP contribution in [0.3, 0.4) is 0 Å². The maximum atomic E-state index is 5.71. The highest BCUT2D eigenvalue weighted by atomic mass is 16.5. The molecule has 0 saturated carbocycles. The third kappa shape index (κ3) is 3.27. The number of pyridine rings is 1. The van der Waals surface area contributed by atoms with E-state index in [1.165, 1.54) is 10.9 Å². The first kappa shape index (κ1) is 16.2. The predicted octanol–water partition coefficient (Wildman–Crippen LogP) is 2.29. The molecule has 0 unspecified atom stereocenters. The third-order valence-corrected chi connectivity index (χ3v) is 4.94. The lowest BCUT2D eigenvalue weighted by Gasteiger charge is -2.15. The minimum Gasteiger partial charge on any atom is -0.379 e. The van der Waals surface area contributed by atoms with Gasteiger partial charge in [0, 0.05) is 57.0 Å². The Morgan fingerprint density at radius 1 is 1.20 bits per heavy atom. The van der Waals surface area contributed by atoms with Gasteiger partial charge < -0.3 is 4.74 Å². The number of likely N-dealkylation sites (tertiary alicyclic amines) is 1. The number of methoxy groups -OCH3 is 1. The molecule has 130 valence electrons. The Morgan fingerprint density at radius 2 is 2.08 bits per heavy atom. The van der Waals surface area contributed by atoms with Crippen molar-refractivity contribution < 1.29 is 4.74 Å². The van der Waals surface area contributed by atoms with E-state index in [4.69, 9.17) is 4.74 Å². The van der Waals surface area contributed by atoms with Crippen LogP contribution in [0, 0.1) is 6.92 Å². The van der Waals surface area contributed by atoms with E-state index in [9.17, 15) is 0 Å². The standard InChI is InChI=1S/C19H23N5O/c1-13-4-6-15-8-14(5-7-17(15)20-13)9-24-10-16(19(12-24)25-3)18-11-23(2)22-21-18/h4-8,11,16,19H,9-10,12H2,1-3H3/t16-,19+/m0/s1. The van der Waals surface area contributed by atoms with E-state index in [-0.39, 0.29) is 12.0 Å². The summed E-state index contributed by atoms with van der Waals surface area (Å²) < 4.78 is 7.46. The summed E-state index contributed by atoms with van der Waals surface area (Å²) in [7, 11) is 3.68. The van der Waals surface area contributed by atoms with Crippen LogP contribution in [0.1, 0.15) is 22.9 Å². The van der Waals surface area contributed by atoms with E-state index in [0.717, 1.165) is 36.5 Å². The lowest BCUT2D eigenvalue weighted by Crippen LogP contribution is -2.22. The number of hydrogen-bond acceptors (Lipinski definition) is 5. The van der Waals surface area contributed by atoms with Gasteiger partial charge in [0.05, 0.1) is 17.3 Å². The summed E-state index contributed by atoms with van der Waals surface area (Å²) in [6.45, 7) is 4.76. The Bertz CT molecular complexity index is 890. The zero-order chi connectivity index (χ0) is 17.4. The third-order valence-electron chi connectivity index (χ3n) is 4.94. The second kappa shape index (κ2) is 6.54. The number of fused-ring (bicyclic) bond motifs is 1. The molecule has 0 N–H and O–H groups in total. The van der Waals surface area contributed by atoms with Crippen molar-refractivity contribution in [2.24, 2.45) is 7.05 Å². The highest BCUT2D eigenvalue weighted by Crippen LogP contribution is 2.29. The van der Waals surface area contributed by atoms with Crippen molar-refractivity contribution in [3.63, 3.8) is 0 Å². The van der Waals surface area contributed by atoms with Crippen molar-refractivity contribution in [3.8, 4) is 0 Å². The van der Waals surface area contributed by atoms with Crippen molar-refractivity contribution in [1.29, 1.82) is 0 Å². The minimum absolute atomic E-state index is 0.154. The van der Waals surface area contributed by atoms with Gasteiger partial charge in [0.25, 0.3) is 0 Å². The average Bonchev–Trinajstić information content (AvgIpc) is 3.21. The molecule has 0 radical (unpaired) electrons. The summed E-state index contributed by atoms with van der Waals surface area (Å²) in [6.07, 6.45) is 2.14. The molecule has 2 atom stereocenters. The van der Waals surface area contributed by atoms with Crippen LogP contribution < -0.4 is 0 Å². The number of rotatable bonds is 4. The SMILES string of the molecule is CO[C@@H]1CN(Cc2ccc3nc(C)ccc3c2)C[C@H]1c1cn(C)nn1. The van der Waals surface area contributed by atoms with Gasteiger partial charge in [0.2, 0.25) is 0 Å². The molecule has 1 aromatic carbocycles. The van der Waals surface area contributed by atoms with Crippen LogP contribution in [0.2, 0.25) is 0 Å². The van der Waals surface area contributed by atoms with Gasteiger partial charge in [-0.3, -0.25) is 14.6 Å². The zero-order valence-corrected chi connectivity index (χ0v) is 14.9. The second-order valence-corrected chi connectivity index (χ2v) is 6.87. The zero-order valence-electron chi connectivity index (χ0n) is 14.9. The largest absolute Gasteiger partial charge is 0.379 e. The molecule has 1 saturated heterocycles. The van der Waals surface area contributed by atoms with Crippen molar-refractivity contribution in [2.75, 3.05) is 20.2 Å². The Kier molecular flexibility index (Phi) is 4.23. The Morgan fingerprint density at radius 3 is 2.84 bits per heavy atom. The van der Waals surface area contributed by atoms with Crippen LogP contribution in [-0.2, 0) is 18.3 Å². The predicted molar refractivity (Wildman–Crippen MR) is 96.3 cm³/mol. The first-order valence-corrected chi connectivity index (χ1v) is 8.60. The number of aryl methyl sites for hydroxylation is 2. The van der Waals surface area contributed by atoms with E-state index in [1.807, 2.05) is 20.2 Å². The summed E-state index contributed by atoms with van der Waals surface area (Å²) in [6, 6.07) is 10.7. The Hall–Kier alpha value is -2.31. The van der Waals surface area contributed by atoms with Gasteiger partial charge in [-0.2, -0.15) is 0 Å². The lowest BCUT2D eigenvalue weighted by atomic mass is 10.0. The minimum atomic E-state index is 0.154. The fourth-order valence-corrected chi connectivity index (χ4v) is 3.67. The highest BCUT2D eigenvalue weighted by Gasteiger charge is 2.35. The molecule has 4 rings (SSSR count). The van der Waals surface area contributed by atoms with Gasteiger partial charge in [-0.15, -0.1) is 5.10 Å². The van der Waals surface area contributed by atoms with E-state index >= 15 is 0 Å². The molecule has 0 spiro atoms. The van der Waals surface area contributed by atoms with Crippen molar-refractivity contribution in [3.05, 3.63) is 53.5 Å². The quantitative estimate of drug-likeness (QED) is 0.731. The number of ether oxygens (including phenoxy) is 1. The molecule has 25 heavy (non-hydrogen) atoms.